The largest absolute Gasteiger partial charge is 0.348 e. The molecule has 7 heteroatoms. The number of anilines is 1. The first kappa shape index (κ1) is 12.0. The number of hydrogen-bond donors (Lipinski definition) is 1. The Morgan fingerprint density at radius 3 is 2.24 bits per heavy atom. The molecule has 0 saturated carbocycles. The quantitative estimate of drug-likeness (QED) is 0.929. The van der Waals surface area contributed by atoms with Crippen LogP contribution in [0.15, 0.2) is 24.5 Å². The van der Waals surface area contributed by atoms with E-state index in [0.29, 0.717) is 5.95 Å². The fourth-order valence-electron chi connectivity index (χ4n) is 1.32. The van der Waals surface area contributed by atoms with Gasteiger partial charge in [-0.25, -0.2) is 0 Å². The van der Waals surface area contributed by atoms with E-state index in [4.69, 9.17) is 23.2 Å². The molecule has 1 atom stereocenters. The molecular weight excluding hydrogens is 261 g/mol. The SMILES string of the molecule is CC(Nc1nc(Cl)nc(Cl)n1)c1ccncc1. The van der Waals surface area contributed by atoms with Crippen LogP contribution in [0, 0.1) is 0 Å². The predicted molar refractivity (Wildman–Crippen MR) is 66.1 cm³/mol. The molecule has 88 valence electrons. The second-order valence-electron chi connectivity index (χ2n) is 3.34. The molecule has 0 aliphatic heterocycles. The summed E-state index contributed by atoms with van der Waals surface area (Å²) in [6.45, 7) is 1.97. The van der Waals surface area contributed by atoms with Crippen molar-refractivity contribution in [2.75, 3.05) is 5.32 Å². The Bertz CT molecular complexity index is 485. The third kappa shape index (κ3) is 3.25. The molecule has 0 amide bonds. The van der Waals surface area contributed by atoms with Crippen LogP contribution in [0.4, 0.5) is 5.95 Å². The highest BCUT2D eigenvalue weighted by atomic mass is 35.5. The van der Waals surface area contributed by atoms with E-state index in [1.54, 1.807) is 12.4 Å². The number of rotatable bonds is 3. The van der Waals surface area contributed by atoms with Crippen molar-refractivity contribution in [3.8, 4) is 0 Å². The van der Waals surface area contributed by atoms with Crippen LogP contribution < -0.4 is 5.32 Å². The zero-order chi connectivity index (χ0) is 12.3. The van der Waals surface area contributed by atoms with Crippen LogP contribution in [0.3, 0.4) is 0 Å². The van der Waals surface area contributed by atoms with Crippen LogP contribution in [-0.4, -0.2) is 19.9 Å². The minimum atomic E-state index is 0.0209. The van der Waals surface area contributed by atoms with Crippen molar-refractivity contribution in [2.45, 2.75) is 13.0 Å². The molecule has 2 heterocycles. The molecule has 0 radical (unpaired) electrons. The number of hydrogen-bond acceptors (Lipinski definition) is 5. The molecular formula is C10H9Cl2N5. The van der Waals surface area contributed by atoms with Gasteiger partial charge >= 0.3 is 0 Å². The summed E-state index contributed by atoms with van der Waals surface area (Å²) in [5, 5.41) is 3.21. The molecule has 1 N–H and O–H groups in total. The maximum Gasteiger partial charge on any atom is 0.228 e. The van der Waals surface area contributed by atoms with Gasteiger partial charge in [0, 0.05) is 12.4 Å². The van der Waals surface area contributed by atoms with Gasteiger partial charge in [0.25, 0.3) is 0 Å². The van der Waals surface area contributed by atoms with Gasteiger partial charge in [-0.2, -0.15) is 15.0 Å². The summed E-state index contributed by atoms with van der Waals surface area (Å²) >= 11 is 11.4. The molecule has 0 bridgehead atoms. The van der Waals surface area contributed by atoms with E-state index in [-0.39, 0.29) is 16.6 Å². The van der Waals surface area contributed by atoms with Crippen molar-refractivity contribution in [3.63, 3.8) is 0 Å². The minimum Gasteiger partial charge on any atom is -0.348 e. The summed E-state index contributed by atoms with van der Waals surface area (Å²) < 4.78 is 0. The van der Waals surface area contributed by atoms with Gasteiger partial charge in [-0.15, -0.1) is 0 Å². The summed E-state index contributed by atoms with van der Waals surface area (Å²) in [5.74, 6) is 0.347. The lowest BCUT2D eigenvalue weighted by Crippen LogP contribution is -2.10. The van der Waals surface area contributed by atoms with Gasteiger partial charge in [0.2, 0.25) is 16.5 Å². The van der Waals surface area contributed by atoms with Crippen LogP contribution >= 0.6 is 23.2 Å². The Kier molecular flexibility index (Phi) is 3.71. The minimum absolute atomic E-state index is 0.0209. The maximum atomic E-state index is 5.68. The second-order valence-corrected chi connectivity index (χ2v) is 4.02. The molecule has 0 fully saturated rings. The molecule has 0 saturated heterocycles. The highest BCUT2D eigenvalue weighted by Gasteiger charge is 2.08. The van der Waals surface area contributed by atoms with Crippen molar-refractivity contribution < 1.29 is 0 Å². The smallest absolute Gasteiger partial charge is 0.228 e. The molecule has 0 spiro atoms. The summed E-state index contributed by atoms with van der Waals surface area (Å²) in [4.78, 5) is 15.5. The molecule has 0 aromatic carbocycles. The van der Waals surface area contributed by atoms with Gasteiger partial charge in [-0.1, -0.05) is 0 Å². The normalized spacial score (nSPS) is 12.2. The van der Waals surface area contributed by atoms with Crippen LogP contribution in [0.25, 0.3) is 0 Å². The van der Waals surface area contributed by atoms with Crippen LogP contribution in [0.5, 0.6) is 0 Å². The first-order valence-electron chi connectivity index (χ1n) is 4.88. The fourth-order valence-corrected chi connectivity index (χ4v) is 1.68. The average molecular weight is 270 g/mol. The molecule has 0 aliphatic rings. The molecule has 17 heavy (non-hydrogen) atoms. The number of pyridine rings is 1. The van der Waals surface area contributed by atoms with Crippen molar-refractivity contribution in [3.05, 3.63) is 40.7 Å². The van der Waals surface area contributed by atoms with E-state index in [1.807, 2.05) is 19.1 Å². The highest BCUT2D eigenvalue weighted by Crippen LogP contribution is 2.17. The van der Waals surface area contributed by atoms with Crippen molar-refractivity contribution >= 4 is 29.2 Å². The van der Waals surface area contributed by atoms with Crippen LogP contribution in [-0.2, 0) is 0 Å². The van der Waals surface area contributed by atoms with Gasteiger partial charge in [0.15, 0.2) is 0 Å². The zero-order valence-corrected chi connectivity index (χ0v) is 10.4. The average Bonchev–Trinajstić information content (AvgIpc) is 2.28. The molecule has 1 unspecified atom stereocenters. The third-order valence-corrected chi connectivity index (χ3v) is 2.47. The standard InChI is InChI=1S/C10H9Cl2N5/c1-6(7-2-4-13-5-3-7)14-10-16-8(11)15-9(12)17-10/h2-6H,1H3,(H,14,15,16,17). The third-order valence-electron chi connectivity index (χ3n) is 2.13. The lowest BCUT2D eigenvalue weighted by atomic mass is 10.1. The van der Waals surface area contributed by atoms with E-state index in [0.717, 1.165) is 5.56 Å². The van der Waals surface area contributed by atoms with E-state index in [1.165, 1.54) is 0 Å². The number of aromatic nitrogens is 4. The molecule has 2 aromatic rings. The Morgan fingerprint density at radius 2 is 1.65 bits per heavy atom. The van der Waals surface area contributed by atoms with Gasteiger partial charge in [0.05, 0.1) is 6.04 Å². The van der Waals surface area contributed by atoms with E-state index >= 15 is 0 Å². The fraction of sp³-hybridized carbons (Fsp3) is 0.200. The maximum absolute atomic E-state index is 5.68. The zero-order valence-electron chi connectivity index (χ0n) is 8.93. The Labute approximate surface area is 108 Å². The van der Waals surface area contributed by atoms with Crippen molar-refractivity contribution in [1.29, 1.82) is 0 Å². The summed E-state index contributed by atoms with van der Waals surface area (Å²) in [5.41, 5.74) is 1.06. The van der Waals surface area contributed by atoms with Crippen LogP contribution in [0.2, 0.25) is 10.6 Å². The molecule has 5 nitrogen and oxygen atoms in total. The number of nitrogens with zero attached hydrogens (tertiary/aromatic N) is 4. The Hall–Kier alpha value is -1.46. The second kappa shape index (κ2) is 5.25. The topological polar surface area (TPSA) is 63.6 Å². The number of nitrogens with one attached hydrogen (secondary N) is 1. The van der Waals surface area contributed by atoms with E-state index in [2.05, 4.69) is 25.3 Å². The first-order valence-corrected chi connectivity index (χ1v) is 5.64. The molecule has 2 aromatic heterocycles. The highest BCUT2D eigenvalue weighted by molar-refractivity contribution is 6.31. The summed E-state index contributed by atoms with van der Waals surface area (Å²) in [6.07, 6.45) is 3.45. The van der Waals surface area contributed by atoms with Crippen LogP contribution in [0.1, 0.15) is 18.5 Å². The van der Waals surface area contributed by atoms with Gasteiger partial charge in [-0.3, -0.25) is 4.98 Å². The summed E-state index contributed by atoms with van der Waals surface area (Å²) in [7, 11) is 0. The van der Waals surface area contributed by atoms with Crippen molar-refractivity contribution in [2.24, 2.45) is 0 Å². The first-order chi connectivity index (χ1) is 8.15. The van der Waals surface area contributed by atoms with Gasteiger partial charge in [0.1, 0.15) is 0 Å². The van der Waals surface area contributed by atoms with E-state index in [9.17, 15) is 0 Å². The lowest BCUT2D eigenvalue weighted by molar-refractivity contribution is 0.850. The lowest BCUT2D eigenvalue weighted by Gasteiger charge is -2.13. The van der Waals surface area contributed by atoms with Crippen molar-refractivity contribution in [1.82, 2.24) is 19.9 Å². The molecule has 0 aliphatic carbocycles. The van der Waals surface area contributed by atoms with Gasteiger partial charge in [-0.05, 0) is 47.8 Å². The monoisotopic (exact) mass is 269 g/mol. The van der Waals surface area contributed by atoms with Gasteiger partial charge < -0.3 is 5.32 Å². The predicted octanol–water partition coefficient (Wildman–Crippen LogP) is 2.75. The number of halogens is 2. The van der Waals surface area contributed by atoms with E-state index < -0.39 is 0 Å². The summed E-state index contributed by atoms with van der Waals surface area (Å²) in [6, 6.07) is 3.83. The Balaban J connectivity index is 2.16. The Morgan fingerprint density at radius 1 is 1.06 bits per heavy atom. The molecule has 2 rings (SSSR count).